The van der Waals surface area contributed by atoms with Crippen molar-refractivity contribution in [2.24, 2.45) is 0 Å². The van der Waals surface area contributed by atoms with E-state index in [1.165, 1.54) is 11.1 Å². The monoisotopic (exact) mass is 257 g/mol. The summed E-state index contributed by atoms with van der Waals surface area (Å²) in [6, 6.07) is 7.91. The lowest BCUT2D eigenvalue weighted by Gasteiger charge is -2.39. The van der Waals surface area contributed by atoms with Gasteiger partial charge in [-0.2, -0.15) is 5.26 Å². The maximum absolute atomic E-state index is 12.1. The van der Waals surface area contributed by atoms with Crippen molar-refractivity contribution in [2.45, 2.75) is 39.3 Å². The van der Waals surface area contributed by atoms with Crippen molar-refractivity contribution in [3.05, 3.63) is 29.3 Å². The van der Waals surface area contributed by atoms with Gasteiger partial charge in [-0.15, -0.1) is 0 Å². The Labute approximate surface area is 114 Å². The van der Waals surface area contributed by atoms with Crippen LogP contribution in [0, 0.1) is 25.2 Å². The van der Waals surface area contributed by atoms with Crippen molar-refractivity contribution >= 4 is 11.6 Å². The summed E-state index contributed by atoms with van der Waals surface area (Å²) in [5, 5.41) is 11.9. The largest absolute Gasteiger partial charge is 0.356 e. The first kappa shape index (κ1) is 13.4. The Morgan fingerprint density at radius 2 is 2.21 bits per heavy atom. The summed E-state index contributed by atoms with van der Waals surface area (Å²) in [6.45, 7) is 6.85. The highest BCUT2D eigenvalue weighted by Crippen LogP contribution is 2.27. The Kier molecular flexibility index (Phi) is 3.75. The normalized spacial score (nSPS) is 22.8. The van der Waals surface area contributed by atoms with E-state index in [0.29, 0.717) is 0 Å². The molecule has 4 nitrogen and oxygen atoms in total. The Balaban J connectivity index is 2.41. The standard InChI is InChI=1S/C15H19N3O/c1-10-5-4-6-13(12(10)3)18-9-11(2)17-15(19)14(18)7-8-16/h4-6,11,14H,7,9H2,1-3H3,(H,17,19). The summed E-state index contributed by atoms with van der Waals surface area (Å²) in [5.74, 6) is -0.0544. The molecule has 0 saturated carbocycles. The molecule has 2 rings (SSSR count). The molecule has 1 saturated heterocycles. The number of carbonyl (C=O) groups is 1. The van der Waals surface area contributed by atoms with E-state index >= 15 is 0 Å². The number of hydrogen-bond donors (Lipinski definition) is 1. The minimum absolute atomic E-state index is 0.0544. The molecule has 2 atom stereocenters. The predicted octanol–water partition coefficient (Wildman–Crippen LogP) is 1.91. The average molecular weight is 257 g/mol. The second-order valence-corrected chi connectivity index (χ2v) is 5.16. The van der Waals surface area contributed by atoms with E-state index in [0.717, 1.165) is 12.2 Å². The van der Waals surface area contributed by atoms with Gasteiger partial charge in [0.1, 0.15) is 6.04 Å². The van der Waals surface area contributed by atoms with Gasteiger partial charge in [0.25, 0.3) is 0 Å². The number of benzene rings is 1. The van der Waals surface area contributed by atoms with E-state index in [1.54, 1.807) is 0 Å². The average Bonchev–Trinajstić information content (AvgIpc) is 2.36. The quantitative estimate of drug-likeness (QED) is 0.880. The molecule has 0 aliphatic carbocycles. The molecule has 1 aromatic rings. The number of nitriles is 1. The fourth-order valence-electron chi connectivity index (χ4n) is 2.55. The Morgan fingerprint density at radius 3 is 2.89 bits per heavy atom. The lowest BCUT2D eigenvalue weighted by Crippen LogP contribution is -2.59. The number of piperazine rings is 1. The van der Waals surface area contributed by atoms with Crippen molar-refractivity contribution in [3.63, 3.8) is 0 Å². The van der Waals surface area contributed by atoms with Crippen molar-refractivity contribution in [2.75, 3.05) is 11.4 Å². The smallest absolute Gasteiger partial charge is 0.244 e. The topological polar surface area (TPSA) is 56.1 Å². The SMILES string of the molecule is Cc1cccc(N2CC(C)NC(=O)C2CC#N)c1C. The number of aryl methyl sites for hydroxylation is 1. The van der Waals surface area contributed by atoms with Crippen molar-refractivity contribution in [3.8, 4) is 6.07 Å². The zero-order valence-corrected chi connectivity index (χ0v) is 11.6. The Morgan fingerprint density at radius 1 is 1.47 bits per heavy atom. The van der Waals surface area contributed by atoms with Gasteiger partial charge < -0.3 is 10.2 Å². The minimum atomic E-state index is -0.387. The molecule has 1 heterocycles. The number of carbonyl (C=O) groups excluding carboxylic acids is 1. The lowest BCUT2D eigenvalue weighted by molar-refractivity contribution is -0.124. The van der Waals surface area contributed by atoms with Crippen LogP contribution in [0.2, 0.25) is 0 Å². The molecule has 1 amide bonds. The first-order valence-electron chi connectivity index (χ1n) is 6.54. The summed E-state index contributed by atoms with van der Waals surface area (Å²) in [4.78, 5) is 14.1. The van der Waals surface area contributed by atoms with Gasteiger partial charge in [-0.3, -0.25) is 4.79 Å². The Bertz CT molecular complexity index is 533. The van der Waals surface area contributed by atoms with E-state index in [4.69, 9.17) is 5.26 Å². The molecule has 1 aliphatic heterocycles. The van der Waals surface area contributed by atoms with Crippen LogP contribution in [0.3, 0.4) is 0 Å². The molecule has 4 heteroatoms. The zero-order valence-electron chi connectivity index (χ0n) is 11.6. The second-order valence-electron chi connectivity index (χ2n) is 5.16. The van der Waals surface area contributed by atoms with Crippen LogP contribution in [0.5, 0.6) is 0 Å². The highest BCUT2D eigenvalue weighted by Gasteiger charge is 2.33. The molecule has 0 bridgehead atoms. The predicted molar refractivity (Wildman–Crippen MR) is 74.9 cm³/mol. The Hall–Kier alpha value is -2.02. The number of nitrogens with zero attached hydrogens (tertiary/aromatic N) is 2. The third-order valence-corrected chi connectivity index (χ3v) is 3.71. The van der Waals surface area contributed by atoms with E-state index in [-0.39, 0.29) is 24.4 Å². The van der Waals surface area contributed by atoms with Gasteiger partial charge in [-0.05, 0) is 38.0 Å². The fraction of sp³-hybridized carbons (Fsp3) is 0.467. The fourth-order valence-corrected chi connectivity index (χ4v) is 2.55. The van der Waals surface area contributed by atoms with Crippen LogP contribution < -0.4 is 10.2 Å². The third-order valence-electron chi connectivity index (χ3n) is 3.71. The summed E-state index contributed by atoms with van der Waals surface area (Å²) in [5.41, 5.74) is 3.43. The molecule has 2 unspecified atom stereocenters. The van der Waals surface area contributed by atoms with Gasteiger partial charge in [-0.1, -0.05) is 12.1 Å². The second kappa shape index (κ2) is 5.31. The van der Waals surface area contributed by atoms with Crippen LogP contribution in [0.4, 0.5) is 5.69 Å². The number of rotatable bonds is 2. The van der Waals surface area contributed by atoms with E-state index in [2.05, 4.69) is 36.2 Å². The van der Waals surface area contributed by atoms with Gasteiger partial charge >= 0.3 is 0 Å². The van der Waals surface area contributed by atoms with Crippen LogP contribution in [0.1, 0.15) is 24.5 Å². The van der Waals surface area contributed by atoms with Gasteiger partial charge in [0.05, 0.1) is 12.5 Å². The highest BCUT2D eigenvalue weighted by atomic mass is 16.2. The lowest BCUT2D eigenvalue weighted by atomic mass is 10.0. The van der Waals surface area contributed by atoms with E-state index in [9.17, 15) is 4.79 Å². The first-order valence-corrected chi connectivity index (χ1v) is 6.54. The van der Waals surface area contributed by atoms with Crippen LogP contribution in [0.25, 0.3) is 0 Å². The summed E-state index contributed by atoms with van der Waals surface area (Å²) < 4.78 is 0. The maximum Gasteiger partial charge on any atom is 0.244 e. The van der Waals surface area contributed by atoms with Crippen molar-refractivity contribution in [1.29, 1.82) is 5.26 Å². The molecule has 100 valence electrons. The van der Waals surface area contributed by atoms with Gasteiger partial charge in [-0.25, -0.2) is 0 Å². The molecule has 0 radical (unpaired) electrons. The van der Waals surface area contributed by atoms with Gasteiger partial charge in [0.2, 0.25) is 5.91 Å². The van der Waals surface area contributed by atoms with Crippen LogP contribution >= 0.6 is 0 Å². The zero-order chi connectivity index (χ0) is 14.0. The molecule has 1 N–H and O–H groups in total. The molecular formula is C15H19N3O. The van der Waals surface area contributed by atoms with E-state index < -0.39 is 0 Å². The maximum atomic E-state index is 12.1. The van der Waals surface area contributed by atoms with Crippen LogP contribution in [0.15, 0.2) is 18.2 Å². The summed E-state index contributed by atoms with van der Waals surface area (Å²) >= 11 is 0. The molecule has 0 spiro atoms. The van der Waals surface area contributed by atoms with E-state index in [1.807, 2.05) is 19.1 Å². The number of amides is 1. The van der Waals surface area contributed by atoms with Crippen LogP contribution in [-0.4, -0.2) is 24.5 Å². The third kappa shape index (κ3) is 2.55. The van der Waals surface area contributed by atoms with Crippen molar-refractivity contribution < 1.29 is 4.79 Å². The molecule has 0 aromatic heterocycles. The minimum Gasteiger partial charge on any atom is -0.356 e. The molecule has 1 fully saturated rings. The van der Waals surface area contributed by atoms with Gasteiger partial charge in [0, 0.05) is 18.3 Å². The van der Waals surface area contributed by atoms with Gasteiger partial charge in [0.15, 0.2) is 0 Å². The molecular weight excluding hydrogens is 238 g/mol. The molecule has 1 aromatic carbocycles. The molecule has 1 aliphatic rings. The van der Waals surface area contributed by atoms with Crippen molar-refractivity contribution in [1.82, 2.24) is 5.32 Å². The van der Waals surface area contributed by atoms with Crippen LogP contribution in [-0.2, 0) is 4.79 Å². The first-order chi connectivity index (χ1) is 9.04. The summed E-state index contributed by atoms with van der Waals surface area (Å²) in [6.07, 6.45) is 0.214. The number of nitrogens with one attached hydrogen (secondary N) is 1. The molecule has 19 heavy (non-hydrogen) atoms. The summed E-state index contributed by atoms with van der Waals surface area (Å²) in [7, 11) is 0. The highest BCUT2D eigenvalue weighted by molar-refractivity contribution is 5.87. The number of anilines is 1. The number of hydrogen-bond acceptors (Lipinski definition) is 3.